The minimum atomic E-state index is -3.70. The fourth-order valence-electron chi connectivity index (χ4n) is 1.62. The number of benzene rings is 1. The Morgan fingerprint density at radius 2 is 2.05 bits per heavy atom. The van der Waals surface area contributed by atoms with E-state index in [1.54, 1.807) is 12.1 Å². The largest absolute Gasteiger partial charge is 0.398 e. The fourth-order valence-corrected chi connectivity index (χ4v) is 2.90. The second-order valence-electron chi connectivity index (χ2n) is 4.68. The SMILES string of the molecule is CCC(C)NC(=O)CS(=O)(=O)c1ccc(C)cc1N. The Morgan fingerprint density at radius 1 is 1.42 bits per heavy atom. The van der Waals surface area contributed by atoms with Gasteiger partial charge >= 0.3 is 0 Å². The number of hydrogen-bond acceptors (Lipinski definition) is 4. The van der Waals surface area contributed by atoms with Crippen LogP contribution < -0.4 is 11.1 Å². The van der Waals surface area contributed by atoms with Crippen molar-refractivity contribution in [3.8, 4) is 0 Å². The van der Waals surface area contributed by atoms with Crippen molar-refractivity contribution in [3.05, 3.63) is 23.8 Å². The number of nitrogen functional groups attached to an aromatic ring is 1. The highest BCUT2D eigenvalue weighted by Crippen LogP contribution is 2.20. The van der Waals surface area contributed by atoms with Gasteiger partial charge in [0.15, 0.2) is 9.84 Å². The number of sulfone groups is 1. The van der Waals surface area contributed by atoms with Crippen LogP contribution in [0.5, 0.6) is 0 Å². The molecule has 1 aromatic carbocycles. The molecule has 0 aromatic heterocycles. The van der Waals surface area contributed by atoms with E-state index in [-0.39, 0.29) is 16.6 Å². The van der Waals surface area contributed by atoms with Crippen LogP contribution in [0.25, 0.3) is 0 Å². The molecule has 106 valence electrons. The molecule has 1 aromatic rings. The first kappa shape index (κ1) is 15.5. The van der Waals surface area contributed by atoms with Gasteiger partial charge in [0, 0.05) is 6.04 Å². The normalized spacial score (nSPS) is 13.0. The highest BCUT2D eigenvalue weighted by molar-refractivity contribution is 7.92. The number of anilines is 1. The van der Waals surface area contributed by atoms with Crippen LogP contribution in [0.1, 0.15) is 25.8 Å². The molecular weight excluding hydrogens is 264 g/mol. The van der Waals surface area contributed by atoms with Crippen molar-refractivity contribution in [2.75, 3.05) is 11.5 Å². The number of carbonyl (C=O) groups excluding carboxylic acids is 1. The molecule has 0 aliphatic carbocycles. The van der Waals surface area contributed by atoms with Crippen molar-refractivity contribution < 1.29 is 13.2 Å². The molecule has 0 radical (unpaired) electrons. The van der Waals surface area contributed by atoms with Crippen LogP contribution in [-0.2, 0) is 14.6 Å². The van der Waals surface area contributed by atoms with Crippen LogP contribution in [0, 0.1) is 6.92 Å². The molecule has 0 aliphatic heterocycles. The highest BCUT2D eigenvalue weighted by atomic mass is 32.2. The molecular formula is C13H20N2O3S. The third-order valence-corrected chi connectivity index (χ3v) is 4.53. The molecule has 1 atom stereocenters. The summed E-state index contributed by atoms with van der Waals surface area (Å²) in [5.41, 5.74) is 6.75. The topological polar surface area (TPSA) is 89.3 Å². The summed E-state index contributed by atoms with van der Waals surface area (Å²) in [6.07, 6.45) is 0.748. The lowest BCUT2D eigenvalue weighted by molar-refractivity contribution is -0.119. The molecule has 19 heavy (non-hydrogen) atoms. The van der Waals surface area contributed by atoms with E-state index in [4.69, 9.17) is 5.73 Å². The Balaban J connectivity index is 2.90. The van der Waals surface area contributed by atoms with Crippen LogP contribution >= 0.6 is 0 Å². The van der Waals surface area contributed by atoms with Gasteiger partial charge in [0.1, 0.15) is 5.75 Å². The molecule has 0 bridgehead atoms. The minimum absolute atomic E-state index is 0.0115. The van der Waals surface area contributed by atoms with Gasteiger partial charge in [0.05, 0.1) is 10.6 Å². The lowest BCUT2D eigenvalue weighted by atomic mass is 10.2. The van der Waals surface area contributed by atoms with Gasteiger partial charge in [-0.3, -0.25) is 4.79 Å². The maximum atomic E-state index is 12.1. The molecule has 1 amide bonds. The number of hydrogen-bond donors (Lipinski definition) is 2. The molecule has 0 spiro atoms. The summed E-state index contributed by atoms with van der Waals surface area (Å²) in [4.78, 5) is 11.7. The summed E-state index contributed by atoms with van der Waals surface area (Å²) in [6.45, 7) is 5.56. The van der Waals surface area contributed by atoms with Gasteiger partial charge in [-0.25, -0.2) is 8.42 Å². The molecule has 1 rings (SSSR count). The summed E-state index contributed by atoms with van der Waals surface area (Å²) >= 11 is 0. The Hall–Kier alpha value is -1.56. The molecule has 0 heterocycles. The van der Waals surface area contributed by atoms with Gasteiger partial charge in [-0.2, -0.15) is 0 Å². The zero-order valence-electron chi connectivity index (χ0n) is 11.4. The summed E-state index contributed by atoms with van der Waals surface area (Å²) in [7, 11) is -3.70. The molecule has 0 saturated carbocycles. The van der Waals surface area contributed by atoms with Crippen molar-refractivity contribution in [3.63, 3.8) is 0 Å². The van der Waals surface area contributed by atoms with E-state index in [9.17, 15) is 13.2 Å². The third-order valence-electron chi connectivity index (χ3n) is 2.84. The number of rotatable bonds is 5. The maximum absolute atomic E-state index is 12.1. The summed E-state index contributed by atoms with van der Waals surface area (Å²) in [6, 6.07) is 4.64. The van der Waals surface area contributed by atoms with Crippen molar-refractivity contribution in [1.82, 2.24) is 5.32 Å². The number of aryl methyl sites for hydroxylation is 1. The minimum Gasteiger partial charge on any atom is -0.398 e. The second kappa shape index (κ2) is 6.06. The first-order valence-corrected chi connectivity index (χ1v) is 7.79. The van der Waals surface area contributed by atoms with Crippen molar-refractivity contribution in [2.24, 2.45) is 0 Å². The highest BCUT2D eigenvalue weighted by Gasteiger charge is 2.22. The zero-order chi connectivity index (χ0) is 14.6. The zero-order valence-corrected chi connectivity index (χ0v) is 12.3. The lowest BCUT2D eigenvalue weighted by Gasteiger charge is -2.12. The molecule has 6 heteroatoms. The fraction of sp³-hybridized carbons (Fsp3) is 0.462. The van der Waals surface area contributed by atoms with Gasteiger partial charge in [0.25, 0.3) is 0 Å². The van der Waals surface area contributed by atoms with Crippen LogP contribution in [-0.4, -0.2) is 26.1 Å². The van der Waals surface area contributed by atoms with E-state index < -0.39 is 21.5 Å². The molecule has 3 N–H and O–H groups in total. The predicted octanol–water partition coefficient (Wildman–Crippen LogP) is 1.27. The molecule has 0 aliphatic rings. The van der Waals surface area contributed by atoms with E-state index in [1.807, 2.05) is 20.8 Å². The maximum Gasteiger partial charge on any atom is 0.235 e. The average Bonchev–Trinajstić information content (AvgIpc) is 2.26. The molecule has 0 fully saturated rings. The number of nitrogens with two attached hydrogens (primary N) is 1. The monoisotopic (exact) mass is 284 g/mol. The third kappa shape index (κ3) is 4.24. The summed E-state index contributed by atoms with van der Waals surface area (Å²) in [5.74, 6) is -1.08. The molecule has 5 nitrogen and oxygen atoms in total. The quantitative estimate of drug-likeness (QED) is 0.797. The Morgan fingerprint density at radius 3 is 2.58 bits per heavy atom. The average molecular weight is 284 g/mol. The van der Waals surface area contributed by atoms with E-state index in [0.717, 1.165) is 12.0 Å². The van der Waals surface area contributed by atoms with Crippen molar-refractivity contribution in [2.45, 2.75) is 38.1 Å². The van der Waals surface area contributed by atoms with Gasteiger partial charge in [-0.05, 0) is 38.0 Å². The molecule has 1 unspecified atom stereocenters. The summed E-state index contributed by atoms with van der Waals surface area (Å²) in [5, 5.41) is 2.63. The number of nitrogens with one attached hydrogen (secondary N) is 1. The van der Waals surface area contributed by atoms with Gasteiger partial charge in [-0.1, -0.05) is 13.0 Å². The van der Waals surface area contributed by atoms with E-state index >= 15 is 0 Å². The van der Waals surface area contributed by atoms with Gasteiger partial charge < -0.3 is 11.1 Å². The van der Waals surface area contributed by atoms with Crippen molar-refractivity contribution in [1.29, 1.82) is 0 Å². The number of amides is 1. The van der Waals surface area contributed by atoms with Crippen LogP contribution in [0.15, 0.2) is 23.1 Å². The molecule has 0 saturated heterocycles. The first-order chi connectivity index (χ1) is 8.76. The van der Waals surface area contributed by atoms with E-state index in [2.05, 4.69) is 5.32 Å². The first-order valence-electron chi connectivity index (χ1n) is 6.14. The van der Waals surface area contributed by atoms with Gasteiger partial charge in [-0.15, -0.1) is 0 Å². The van der Waals surface area contributed by atoms with Crippen LogP contribution in [0.4, 0.5) is 5.69 Å². The van der Waals surface area contributed by atoms with Crippen LogP contribution in [0.2, 0.25) is 0 Å². The van der Waals surface area contributed by atoms with E-state index in [1.165, 1.54) is 6.07 Å². The van der Waals surface area contributed by atoms with Gasteiger partial charge in [0.2, 0.25) is 5.91 Å². The van der Waals surface area contributed by atoms with E-state index in [0.29, 0.717) is 0 Å². The number of carbonyl (C=O) groups is 1. The summed E-state index contributed by atoms with van der Waals surface area (Å²) < 4.78 is 24.2. The second-order valence-corrected chi connectivity index (χ2v) is 6.64. The van der Waals surface area contributed by atoms with Crippen LogP contribution in [0.3, 0.4) is 0 Å². The lowest BCUT2D eigenvalue weighted by Crippen LogP contribution is -2.36. The smallest absolute Gasteiger partial charge is 0.235 e. The Labute approximate surface area is 114 Å². The Bertz CT molecular complexity index is 567. The Kier molecular flexibility index (Phi) is 4.94. The predicted molar refractivity (Wildman–Crippen MR) is 75.5 cm³/mol. The standard InChI is InChI=1S/C13H20N2O3S/c1-4-10(3)15-13(16)8-19(17,18)12-6-5-9(2)7-11(12)14/h5-7,10H,4,8,14H2,1-3H3,(H,15,16). The van der Waals surface area contributed by atoms with Crippen molar-refractivity contribution >= 4 is 21.4 Å².